The fraction of sp³-hybridized carbons (Fsp3) is 0.292. The number of nitrogens with zero attached hydrogens (tertiary/aromatic N) is 2. The van der Waals surface area contributed by atoms with E-state index in [4.69, 9.17) is 14.2 Å². The third kappa shape index (κ3) is 5.72. The molecule has 3 rings (SSSR count). The van der Waals surface area contributed by atoms with Crippen molar-refractivity contribution in [2.75, 3.05) is 13.2 Å². The second-order valence-electron chi connectivity index (χ2n) is 6.88. The Morgan fingerprint density at radius 2 is 1.94 bits per heavy atom. The number of carbonyl (C=O) groups is 1. The van der Waals surface area contributed by atoms with Crippen molar-refractivity contribution in [2.45, 2.75) is 33.8 Å². The van der Waals surface area contributed by atoms with Gasteiger partial charge in [0.2, 0.25) is 0 Å². The monoisotopic (exact) mass is 422 g/mol. The van der Waals surface area contributed by atoms with Gasteiger partial charge in [-0.25, -0.2) is 9.78 Å². The van der Waals surface area contributed by atoms with E-state index >= 15 is 0 Å². The number of ether oxygens (including phenoxy) is 3. The van der Waals surface area contributed by atoms with Gasteiger partial charge in [0, 0.05) is 17.8 Å². The molecule has 0 aliphatic carbocycles. The topological polar surface area (TPSA) is 79.1 Å². The van der Waals surface area contributed by atoms with Crippen molar-refractivity contribution >= 4 is 17.7 Å². The predicted octanol–water partition coefficient (Wildman–Crippen LogP) is 3.95. The van der Waals surface area contributed by atoms with E-state index in [9.17, 15) is 9.59 Å². The first-order valence-electron chi connectivity index (χ1n) is 10.2. The number of esters is 1. The molecule has 2 heterocycles. The first kappa shape index (κ1) is 22.1. The Morgan fingerprint density at radius 3 is 2.71 bits per heavy atom. The Kier molecular flexibility index (Phi) is 7.43. The molecule has 3 aromatic rings. The standard InChI is InChI=1S/C24H26N2O5/c1-4-13-30-20-11-9-18(14-21(20)29-5-2)10-12-24(28)31-16-19-15-23(27)26-17(3)7-6-8-22(26)25-19/h6-12,14-15H,4-5,13,16H2,1-3H3/b12-10+. The van der Waals surface area contributed by atoms with Gasteiger partial charge in [0.25, 0.3) is 5.56 Å². The summed E-state index contributed by atoms with van der Waals surface area (Å²) in [6.45, 7) is 6.80. The lowest BCUT2D eigenvalue weighted by atomic mass is 10.2. The van der Waals surface area contributed by atoms with Crippen LogP contribution in [0.15, 0.2) is 53.3 Å². The van der Waals surface area contributed by atoms with E-state index in [1.54, 1.807) is 12.1 Å². The summed E-state index contributed by atoms with van der Waals surface area (Å²) in [5.74, 6) is 0.769. The summed E-state index contributed by atoms with van der Waals surface area (Å²) in [6.07, 6.45) is 3.87. The zero-order valence-corrected chi connectivity index (χ0v) is 18.0. The van der Waals surface area contributed by atoms with Gasteiger partial charge in [-0.3, -0.25) is 9.20 Å². The number of benzene rings is 1. The van der Waals surface area contributed by atoms with Crippen molar-refractivity contribution in [3.63, 3.8) is 0 Å². The highest BCUT2D eigenvalue weighted by Crippen LogP contribution is 2.29. The van der Waals surface area contributed by atoms with Crippen LogP contribution in [0.4, 0.5) is 0 Å². The van der Waals surface area contributed by atoms with E-state index in [0.29, 0.717) is 36.1 Å². The highest BCUT2D eigenvalue weighted by molar-refractivity contribution is 5.87. The van der Waals surface area contributed by atoms with Crippen LogP contribution in [0.2, 0.25) is 0 Å². The lowest BCUT2D eigenvalue weighted by Gasteiger charge is -2.12. The van der Waals surface area contributed by atoms with Crippen LogP contribution in [0, 0.1) is 6.92 Å². The minimum Gasteiger partial charge on any atom is -0.490 e. The lowest BCUT2D eigenvalue weighted by Crippen LogP contribution is -2.18. The predicted molar refractivity (Wildman–Crippen MR) is 118 cm³/mol. The van der Waals surface area contributed by atoms with E-state index in [1.807, 2.05) is 51.1 Å². The van der Waals surface area contributed by atoms with Gasteiger partial charge in [-0.2, -0.15) is 0 Å². The van der Waals surface area contributed by atoms with Crippen LogP contribution in [0.3, 0.4) is 0 Å². The van der Waals surface area contributed by atoms with Crippen molar-refractivity contribution in [2.24, 2.45) is 0 Å². The summed E-state index contributed by atoms with van der Waals surface area (Å²) in [6, 6.07) is 12.2. The summed E-state index contributed by atoms with van der Waals surface area (Å²) in [4.78, 5) is 28.8. The van der Waals surface area contributed by atoms with E-state index in [0.717, 1.165) is 17.7 Å². The lowest BCUT2D eigenvalue weighted by molar-refractivity contribution is -0.139. The molecule has 0 saturated heterocycles. The second-order valence-corrected chi connectivity index (χ2v) is 6.88. The highest BCUT2D eigenvalue weighted by atomic mass is 16.5. The molecule has 162 valence electrons. The molecule has 0 N–H and O–H groups in total. The number of aromatic nitrogens is 2. The summed E-state index contributed by atoms with van der Waals surface area (Å²) in [7, 11) is 0. The Morgan fingerprint density at radius 1 is 1.10 bits per heavy atom. The summed E-state index contributed by atoms with van der Waals surface area (Å²) in [5, 5.41) is 0. The van der Waals surface area contributed by atoms with Gasteiger partial charge in [-0.15, -0.1) is 0 Å². The van der Waals surface area contributed by atoms with Crippen LogP contribution in [0.1, 0.15) is 37.2 Å². The number of carbonyl (C=O) groups excluding carboxylic acids is 1. The summed E-state index contributed by atoms with van der Waals surface area (Å²) in [5.41, 5.74) is 2.27. The second kappa shape index (κ2) is 10.4. The highest BCUT2D eigenvalue weighted by Gasteiger charge is 2.08. The molecule has 0 atom stereocenters. The van der Waals surface area contributed by atoms with E-state index < -0.39 is 5.97 Å². The van der Waals surface area contributed by atoms with Crippen LogP contribution in [0.25, 0.3) is 11.7 Å². The fourth-order valence-electron chi connectivity index (χ4n) is 3.02. The van der Waals surface area contributed by atoms with Gasteiger partial charge in [0.05, 0.1) is 18.9 Å². The number of hydrogen-bond donors (Lipinski definition) is 0. The van der Waals surface area contributed by atoms with Gasteiger partial charge < -0.3 is 14.2 Å². The van der Waals surface area contributed by atoms with Crippen LogP contribution in [-0.4, -0.2) is 28.6 Å². The number of rotatable bonds is 9. The van der Waals surface area contributed by atoms with Gasteiger partial charge >= 0.3 is 5.97 Å². The molecular formula is C24H26N2O5. The molecule has 0 spiro atoms. The third-order valence-corrected chi connectivity index (χ3v) is 4.44. The smallest absolute Gasteiger partial charge is 0.331 e. The molecule has 0 amide bonds. The molecule has 0 bridgehead atoms. The normalized spacial score (nSPS) is 11.1. The number of pyridine rings is 1. The quantitative estimate of drug-likeness (QED) is 0.384. The van der Waals surface area contributed by atoms with Crippen LogP contribution in [-0.2, 0) is 16.1 Å². The van der Waals surface area contributed by atoms with E-state index in [1.165, 1.54) is 16.5 Å². The van der Waals surface area contributed by atoms with Crippen LogP contribution in [0.5, 0.6) is 11.5 Å². The molecule has 0 saturated carbocycles. The molecule has 7 heteroatoms. The Balaban J connectivity index is 1.66. The van der Waals surface area contributed by atoms with E-state index in [2.05, 4.69) is 4.98 Å². The Bertz CT molecular complexity index is 1150. The van der Waals surface area contributed by atoms with Crippen LogP contribution >= 0.6 is 0 Å². The molecule has 7 nitrogen and oxygen atoms in total. The van der Waals surface area contributed by atoms with Gasteiger partial charge in [-0.1, -0.05) is 19.1 Å². The summed E-state index contributed by atoms with van der Waals surface area (Å²) < 4.78 is 18.1. The molecule has 1 aromatic carbocycles. The zero-order valence-electron chi connectivity index (χ0n) is 18.0. The molecular weight excluding hydrogens is 396 g/mol. The van der Waals surface area contributed by atoms with Crippen LogP contribution < -0.4 is 15.0 Å². The molecule has 0 fully saturated rings. The maximum Gasteiger partial charge on any atom is 0.331 e. The summed E-state index contributed by atoms with van der Waals surface area (Å²) >= 11 is 0. The van der Waals surface area contributed by atoms with Crippen molar-refractivity contribution < 1.29 is 19.0 Å². The molecule has 0 aliphatic rings. The maximum absolute atomic E-state index is 12.3. The molecule has 0 aliphatic heterocycles. The van der Waals surface area contributed by atoms with Crippen molar-refractivity contribution in [3.05, 3.63) is 75.8 Å². The first-order valence-corrected chi connectivity index (χ1v) is 10.2. The Labute approximate surface area is 180 Å². The SMILES string of the molecule is CCCOc1ccc(/C=C/C(=O)OCc2cc(=O)n3c(C)cccc3n2)cc1OCC. The van der Waals surface area contributed by atoms with Crippen molar-refractivity contribution in [1.29, 1.82) is 0 Å². The minimum absolute atomic E-state index is 0.0865. The first-order chi connectivity index (χ1) is 15.0. The van der Waals surface area contributed by atoms with Gasteiger partial charge in [0.15, 0.2) is 11.5 Å². The average molecular weight is 422 g/mol. The number of hydrogen-bond acceptors (Lipinski definition) is 6. The third-order valence-electron chi connectivity index (χ3n) is 4.44. The molecule has 2 aromatic heterocycles. The average Bonchev–Trinajstić information content (AvgIpc) is 2.75. The molecule has 0 radical (unpaired) electrons. The minimum atomic E-state index is -0.532. The number of aryl methyl sites for hydroxylation is 1. The van der Waals surface area contributed by atoms with Gasteiger partial charge in [0.1, 0.15) is 12.3 Å². The van der Waals surface area contributed by atoms with E-state index in [-0.39, 0.29) is 12.2 Å². The zero-order chi connectivity index (χ0) is 22.2. The fourth-order valence-corrected chi connectivity index (χ4v) is 3.02. The number of fused-ring (bicyclic) bond motifs is 1. The van der Waals surface area contributed by atoms with Crippen molar-refractivity contribution in [3.8, 4) is 11.5 Å². The Hall–Kier alpha value is -3.61. The maximum atomic E-state index is 12.3. The molecule has 31 heavy (non-hydrogen) atoms. The van der Waals surface area contributed by atoms with Gasteiger partial charge in [-0.05, 0) is 56.2 Å². The van der Waals surface area contributed by atoms with Crippen molar-refractivity contribution in [1.82, 2.24) is 9.38 Å². The molecule has 0 unspecified atom stereocenters. The largest absolute Gasteiger partial charge is 0.490 e.